The lowest BCUT2D eigenvalue weighted by molar-refractivity contribution is 0.660. The topological polar surface area (TPSA) is 54.7 Å². The van der Waals surface area contributed by atoms with Gasteiger partial charge in [-0.05, 0) is 25.0 Å². The molecule has 0 amide bonds. The van der Waals surface area contributed by atoms with Gasteiger partial charge in [-0.3, -0.25) is 5.10 Å². The predicted octanol–water partition coefficient (Wildman–Crippen LogP) is 5.09. The molecule has 0 fully saturated rings. The van der Waals surface area contributed by atoms with E-state index in [1.165, 1.54) is 19.3 Å². The number of unbranched alkanes of at least 4 members (excludes halogenated alkanes) is 3. The van der Waals surface area contributed by atoms with Crippen molar-refractivity contribution in [3.63, 3.8) is 0 Å². The highest BCUT2D eigenvalue weighted by molar-refractivity contribution is 6.39. The van der Waals surface area contributed by atoms with Crippen LogP contribution in [0.4, 0.5) is 5.82 Å². The number of nitrogens with two attached hydrogens (primary N) is 1. The van der Waals surface area contributed by atoms with E-state index in [1.807, 2.05) is 18.2 Å². The normalized spacial score (nSPS) is 10.9. The Morgan fingerprint density at radius 3 is 2.45 bits per heavy atom. The molecule has 0 saturated heterocycles. The number of rotatable bonds is 6. The standard InChI is InChI=1S/C15H19Cl2N3/c1-2-3-4-5-9-12-14(15(18)20-19-12)13-10(16)7-6-8-11(13)17/h6-8H,2-5,9H2,1H3,(H3,18,19,20). The zero-order valence-electron chi connectivity index (χ0n) is 11.5. The third-order valence-electron chi connectivity index (χ3n) is 3.36. The minimum Gasteiger partial charge on any atom is -0.382 e. The largest absolute Gasteiger partial charge is 0.382 e. The van der Waals surface area contributed by atoms with Crippen molar-refractivity contribution in [3.8, 4) is 11.1 Å². The first kappa shape index (κ1) is 15.2. The molecule has 0 bridgehead atoms. The van der Waals surface area contributed by atoms with Crippen LogP contribution in [0.25, 0.3) is 11.1 Å². The van der Waals surface area contributed by atoms with E-state index in [9.17, 15) is 0 Å². The summed E-state index contributed by atoms with van der Waals surface area (Å²) in [6.07, 6.45) is 5.66. The first-order valence-electron chi connectivity index (χ1n) is 6.92. The van der Waals surface area contributed by atoms with E-state index >= 15 is 0 Å². The second kappa shape index (κ2) is 7.00. The minimum absolute atomic E-state index is 0.450. The van der Waals surface area contributed by atoms with Crippen molar-refractivity contribution in [2.24, 2.45) is 0 Å². The molecule has 0 aliphatic heterocycles. The lowest BCUT2D eigenvalue weighted by atomic mass is 10.0. The SMILES string of the molecule is CCCCCCc1[nH]nc(N)c1-c1c(Cl)cccc1Cl. The molecular weight excluding hydrogens is 293 g/mol. The van der Waals surface area contributed by atoms with E-state index < -0.39 is 0 Å². The Morgan fingerprint density at radius 2 is 1.80 bits per heavy atom. The lowest BCUT2D eigenvalue weighted by Gasteiger charge is -2.08. The van der Waals surface area contributed by atoms with Crippen molar-refractivity contribution in [3.05, 3.63) is 33.9 Å². The summed E-state index contributed by atoms with van der Waals surface area (Å²) in [5, 5.41) is 8.32. The van der Waals surface area contributed by atoms with Gasteiger partial charge in [0.05, 0.1) is 10.0 Å². The molecule has 108 valence electrons. The van der Waals surface area contributed by atoms with Gasteiger partial charge in [0.15, 0.2) is 5.82 Å². The second-order valence-corrected chi connectivity index (χ2v) is 5.68. The van der Waals surface area contributed by atoms with Gasteiger partial charge in [0.2, 0.25) is 0 Å². The lowest BCUT2D eigenvalue weighted by Crippen LogP contribution is -1.93. The molecule has 0 atom stereocenters. The first-order chi connectivity index (χ1) is 9.65. The summed E-state index contributed by atoms with van der Waals surface area (Å²) in [5.74, 6) is 0.450. The summed E-state index contributed by atoms with van der Waals surface area (Å²) in [5.41, 5.74) is 8.61. The molecule has 1 aromatic carbocycles. The molecule has 5 heteroatoms. The van der Waals surface area contributed by atoms with E-state index in [0.29, 0.717) is 15.9 Å². The van der Waals surface area contributed by atoms with Crippen LogP contribution < -0.4 is 5.73 Å². The maximum atomic E-state index is 6.27. The summed E-state index contributed by atoms with van der Waals surface area (Å²) in [7, 11) is 0. The highest BCUT2D eigenvalue weighted by Gasteiger charge is 2.18. The Morgan fingerprint density at radius 1 is 1.10 bits per heavy atom. The fourth-order valence-electron chi connectivity index (χ4n) is 2.32. The van der Waals surface area contributed by atoms with Crippen LogP contribution >= 0.6 is 23.2 Å². The van der Waals surface area contributed by atoms with Crippen LogP contribution in [0.1, 0.15) is 38.3 Å². The molecule has 0 aliphatic carbocycles. The Kier molecular flexibility index (Phi) is 5.32. The number of anilines is 1. The van der Waals surface area contributed by atoms with E-state index in [-0.39, 0.29) is 0 Å². The number of aromatic amines is 1. The van der Waals surface area contributed by atoms with Crippen molar-refractivity contribution in [2.75, 3.05) is 5.73 Å². The maximum absolute atomic E-state index is 6.27. The van der Waals surface area contributed by atoms with Crippen molar-refractivity contribution in [1.82, 2.24) is 10.2 Å². The number of nitrogens with one attached hydrogen (secondary N) is 1. The number of hydrogen-bond acceptors (Lipinski definition) is 2. The molecule has 1 heterocycles. The number of nitrogens with zero attached hydrogens (tertiary/aromatic N) is 1. The fraction of sp³-hybridized carbons (Fsp3) is 0.400. The van der Waals surface area contributed by atoms with Crippen LogP contribution in [0.15, 0.2) is 18.2 Å². The molecular formula is C15H19Cl2N3. The molecule has 2 rings (SSSR count). The van der Waals surface area contributed by atoms with Gasteiger partial charge in [0, 0.05) is 16.8 Å². The van der Waals surface area contributed by atoms with Crippen LogP contribution in [0, 0.1) is 0 Å². The highest BCUT2D eigenvalue weighted by Crippen LogP contribution is 2.39. The number of aromatic nitrogens is 2. The van der Waals surface area contributed by atoms with Crippen LogP contribution in [-0.4, -0.2) is 10.2 Å². The third-order valence-corrected chi connectivity index (χ3v) is 3.99. The number of H-pyrrole nitrogens is 1. The Labute approximate surface area is 129 Å². The molecule has 3 N–H and O–H groups in total. The zero-order chi connectivity index (χ0) is 14.5. The third kappa shape index (κ3) is 3.28. The van der Waals surface area contributed by atoms with Crippen LogP contribution in [0.3, 0.4) is 0 Å². The van der Waals surface area contributed by atoms with Gasteiger partial charge in [0.1, 0.15) is 0 Å². The monoisotopic (exact) mass is 311 g/mol. The summed E-state index contributed by atoms with van der Waals surface area (Å²) in [6, 6.07) is 5.46. The Balaban J connectivity index is 2.29. The van der Waals surface area contributed by atoms with E-state index in [1.54, 1.807) is 0 Å². The van der Waals surface area contributed by atoms with Gasteiger partial charge in [-0.2, -0.15) is 5.10 Å². The number of nitrogen functional groups attached to an aromatic ring is 1. The maximum Gasteiger partial charge on any atom is 0.153 e. The second-order valence-electron chi connectivity index (χ2n) is 4.87. The van der Waals surface area contributed by atoms with Crippen molar-refractivity contribution < 1.29 is 0 Å². The Bertz CT molecular complexity index is 558. The molecule has 3 nitrogen and oxygen atoms in total. The minimum atomic E-state index is 0.450. The van der Waals surface area contributed by atoms with Gasteiger partial charge >= 0.3 is 0 Å². The molecule has 20 heavy (non-hydrogen) atoms. The van der Waals surface area contributed by atoms with Crippen molar-refractivity contribution >= 4 is 29.0 Å². The van der Waals surface area contributed by atoms with Gasteiger partial charge in [-0.15, -0.1) is 0 Å². The number of hydrogen-bond donors (Lipinski definition) is 2. The van der Waals surface area contributed by atoms with Crippen LogP contribution in [0.5, 0.6) is 0 Å². The average molecular weight is 312 g/mol. The summed E-state index contributed by atoms with van der Waals surface area (Å²) >= 11 is 12.5. The van der Waals surface area contributed by atoms with E-state index in [2.05, 4.69) is 17.1 Å². The average Bonchev–Trinajstić information content (AvgIpc) is 2.77. The fourth-order valence-corrected chi connectivity index (χ4v) is 2.91. The van der Waals surface area contributed by atoms with Gasteiger partial charge in [-0.25, -0.2) is 0 Å². The molecule has 0 spiro atoms. The molecule has 1 aromatic heterocycles. The quantitative estimate of drug-likeness (QED) is 0.730. The van der Waals surface area contributed by atoms with Gasteiger partial charge in [-0.1, -0.05) is 55.5 Å². The van der Waals surface area contributed by atoms with Gasteiger partial charge < -0.3 is 5.73 Å². The molecule has 0 saturated carbocycles. The number of aryl methyl sites for hydroxylation is 1. The summed E-state index contributed by atoms with van der Waals surface area (Å²) < 4.78 is 0. The molecule has 0 unspecified atom stereocenters. The summed E-state index contributed by atoms with van der Waals surface area (Å²) in [4.78, 5) is 0. The van der Waals surface area contributed by atoms with Gasteiger partial charge in [0.25, 0.3) is 0 Å². The predicted molar refractivity (Wildman–Crippen MR) is 86.3 cm³/mol. The highest BCUT2D eigenvalue weighted by atomic mass is 35.5. The van der Waals surface area contributed by atoms with Crippen molar-refractivity contribution in [2.45, 2.75) is 39.0 Å². The molecule has 0 radical (unpaired) electrons. The zero-order valence-corrected chi connectivity index (χ0v) is 13.1. The van der Waals surface area contributed by atoms with Crippen molar-refractivity contribution in [1.29, 1.82) is 0 Å². The van der Waals surface area contributed by atoms with Crippen LogP contribution in [0.2, 0.25) is 10.0 Å². The van der Waals surface area contributed by atoms with E-state index in [4.69, 9.17) is 28.9 Å². The van der Waals surface area contributed by atoms with Crippen LogP contribution in [-0.2, 0) is 6.42 Å². The first-order valence-corrected chi connectivity index (χ1v) is 7.67. The summed E-state index contributed by atoms with van der Waals surface area (Å²) in [6.45, 7) is 2.20. The molecule has 0 aliphatic rings. The van der Waals surface area contributed by atoms with E-state index in [0.717, 1.165) is 29.7 Å². The number of benzene rings is 1. The molecule has 2 aromatic rings. The number of halogens is 2. The Hall–Kier alpha value is -1.19. The smallest absolute Gasteiger partial charge is 0.153 e.